The first kappa shape index (κ1) is 89.1. The van der Waals surface area contributed by atoms with E-state index in [2.05, 4.69) is 208 Å². The summed E-state index contributed by atoms with van der Waals surface area (Å²) in [7, 11) is 5.91. The number of allylic oxidation sites excluding steroid dienone is 32. The lowest BCUT2D eigenvalue weighted by Crippen LogP contribution is -2.44. The van der Waals surface area contributed by atoms with Crippen LogP contribution in [-0.4, -0.2) is 82.3 Å². The highest BCUT2D eigenvalue weighted by Gasteiger charge is 2.22. The van der Waals surface area contributed by atoms with E-state index in [1.807, 2.05) is 21.1 Å². The van der Waals surface area contributed by atoms with Gasteiger partial charge >= 0.3 is 11.9 Å². The third kappa shape index (κ3) is 75.4. The minimum absolute atomic E-state index is 0.134. The van der Waals surface area contributed by atoms with Gasteiger partial charge in [0.2, 0.25) is 0 Å². The Hall–Kier alpha value is -5.87. The molecule has 0 bridgehead atoms. The summed E-state index contributed by atoms with van der Waals surface area (Å²) in [5, 5.41) is 11.8. The summed E-state index contributed by atoms with van der Waals surface area (Å²) in [6, 6.07) is 0. The van der Waals surface area contributed by atoms with Crippen LogP contribution in [0.4, 0.5) is 0 Å². The maximum atomic E-state index is 13.0. The zero-order valence-corrected chi connectivity index (χ0v) is 61.0. The third-order valence-corrected chi connectivity index (χ3v) is 15.3. The summed E-state index contributed by atoms with van der Waals surface area (Å²) >= 11 is 0. The van der Waals surface area contributed by atoms with Gasteiger partial charge < -0.3 is 33.3 Å². The van der Waals surface area contributed by atoms with Crippen molar-refractivity contribution in [3.05, 3.63) is 194 Å². The fourth-order valence-electron chi connectivity index (χ4n) is 9.69. The molecule has 0 fully saturated rings. The first-order valence-corrected chi connectivity index (χ1v) is 37.6. The second kappa shape index (κ2) is 73.9. The van der Waals surface area contributed by atoms with E-state index in [1.165, 1.54) is 83.5 Å². The third-order valence-electron chi connectivity index (χ3n) is 15.3. The fourth-order valence-corrected chi connectivity index (χ4v) is 9.69. The molecule has 2 atom stereocenters. The first-order valence-electron chi connectivity index (χ1n) is 37.6. The van der Waals surface area contributed by atoms with E-state index in [1.54, 1.807) is 0 Å². The molecule has 0 spiro atoms. The zero-order valence-electron chi connectivity index (χ0n) is 61.0. The van der Waals surface area contributed by atoms with Crippen LogP contribution in [0.3, 0.4) is 0 Å². The van der Waals surface area contributed by atoms with Crippen LogP contribution >= 0.6 is 0 Å². The Bertz CT molecular complexity index is 2270. The molecule has 0 heterocycles. The van der Waals surface area contributed by atoms with Crippen molar-refractivity contribution in [2.75, 3.05) is 47.5 Å². The molecule has 0 radical (unpaired) electrons. The van der Waals surface area contributed by atoms with Crippen molar-refractivity contribution in [2.45, 2.75) is 283 Å². The van der Waals surface area contributed by atoms with Gasteiger partial charge in [-0.1, -0.05) is 311 Å². The Balaban J connectivity index is 4.15. The molecule has 534 valence electrons. The lowest BCUT2D eigenvalue weighted by Gasteiger charge is -2.26. The average Bonchev–Trinajstić information content (AvgIpc) is 3.54. The Labute approximate surface area is 582 Å². The number of esters is 2. The van der Waals surface area contributed by atoms with E-state index in [4.69, 9.17) is 18.9 Å². The van der Waals surface area contributed by atoms with Gasteiger partial charge in [0.25, 0.3) is 0 Å². The molecule has 0 aliphatic rings. The number of carbonyl (C=O) groups is 3. The Morgan fingerprint density at radius 1 is 0.316 bits per heavy atom. The topological polar surface area (TPSA) is 111 Å². The molecule has 9 heteroatoms. The molecule has 0 aliphatic carbocycles. The number of carboxylic acid groups (broad SMARTS) is 1. The van der Waals surface area contributed by atoms with Gasteiger partial charge in [-0.2, -0.15) is 0 Å². The van der Waals surface area contributed by atoms with Crippen molar-refractivity contribution in [3.8, 4) is 0 Å². The van der Waals surface area contributed by atoms with E-state index >= 15 is 0 Å². The lowest BCUT2D eigenvalue weighted by molar-refractivity contribution is -0.870. The predicted octanol–water partition coefficient (Wildman–Crippen LogP) is 22.8. The van der Waals surface area contributed by atoms with E-state index in [0.717, 1.165) is 148 Å². The SMILES string of the molecule is CC/C=C\C/C=C\C/C=C\C/C=C\C/C=C\C/C=C\C/C=C\C/C=C\CCCCCCCCCCCCCCCCCCC(=O)OC(COC(=O)CCCCCC/C=C\C/C=C\C/C=C\C/C=C\C/C=C\C/C=C\C/C=C\C/C=C\CC)COC(OCC[N+](C)(C)C)C(=O)[O-]. The number of aliphatic carboxylic acids is 1. The molecule has 0 rings (SSSR count). The molecule has 9 nitrogen and oxygen atoms in total. The van der Waals surface area contributed by atoms with Crippen LogP contribution in [0.2, 0.25) is 0 Å². The number of unbranched alkanes of at least 4 members (excludes halogenated alkanes) is 20. The average molecular weight is 1310 g/mol. The number of carbonyl (C=O) groups excluding carboxylic acids is 3. The minimum atomic E-state index is -1.64. The summed E-state index contributed by atoms with van der Waals surface area (Å²) in [4.78, 5) is 37.5. The van der Waals surface area contributed by atoms with Crippen molar-refractivity contribution in [2.24, 2.45) is 0 Å². The maximum absolute atomic E-state index is 13.0. The summed E-state index contributed by atoms with van der Waals surface area (Å²) in [5.74, 6) is -2.33. The van der Waals surface area contributed by atoms with Crippen LogP contribution in [0, 0.1) is 0 Å². The van der Waals surface area contributed by atoms with Crippen LogP contribution < -0.4 is 5.11 Å². The molecule has 2 unspecified atom stereocenters. The number of carboxylic acids is 1. The fraction of sp³-hybridized carbons (Fsp3) is 0.593. The molecule has 0 aromatic heterocycles. The summed E-state index contributed by atoms with van der Waals surface area (Å²) in [6.45, 7) is 4.48. The molecule has 0 N–H and O–H groups in total. The van der Waals surface area contributed by atoms with Gasteiger partial charge in [0.15, 0.2) is 12.4 Å². The number of hydrogen-bond donors (Lipinski definition) is 0. The summed E-state index contributed by atoms with van der Waals surface area (Å²) < 4.78 is 22.8. The Morgan fingerprint density at radius 3 is 0.842 bits per heavy atom. The van der Waals surface area contributed by atoms with Crippen molar-refractivity contribution < 1.29 is 42.9 Å². The van der Waals surface area contributed by atoms with Crippen LogP contribution in [-0.2, 0) is 33.3 Å². The lowest BCUT2D eigenvalue weighted by atomic mass is 10.0. The maximum Gasteiger partial charge on any atom is 0.306 e. The van der Waals surface area contributed by atoms with Gasteiger partial charge in [-0.25, -0.2) is 0 Å². The molecule has 95 heavy (non-hydrogen) atoms. The highest BCUT2D eigenvalue weighted by molar-refractivity contribution is 5.70. The van der Waals surface area contributed by atoms with Crippen LogP contribution in [0.15, 0.2) is 194 Å². The predicted molar refractivity (Wildman–Crippen MR) is 407 cm³/mol. The smallest absolute Gasteiger partial charge is 0.306 e. The number of likely N-dealkylation sites (N-methyl/N-ethyl adjacent to an activating group) is 1. The van der Waals surface area contributed by atoms with E-state index < -0.39 is 24.3 Å². The molecule has 0 amide bonds. The van der Waals surface area contributed by atoms with E-state index in [0.29, 0.717) is 23.9 Å². The molecular weight excluding hydrogens is 1170 g/mol. The number of nitrogens with zero attached hydrogens (tertiary/aromatic N) is 1. The Morgan fingerprint density at radius 2 is 0.568 bits per heavy atom. The summed E-state index contributed by atoms with van der Waals surface area (Å²) in [6.07, 6.45) is 111. The van der Waals surface area contributed by atoms with E-state index in [9.17, 15) is 19.5 Å². The van der Waals surface area contributed by atoms with Crippen molar-refractivity contribution in [1.29, 1.82) is 0 Å². The first-order chi connectivity index (χ1) is 46.6. The van der Waals surface area contributed by atoms with Gasteiger partial charge in [0.1, 0.15) is 13.2 Å². The van der Waals surface area contributed by atoms with Crippen molar-refractivity contribution in [1.82, 2.24) is 0 Å². The zero-order chi connectivity index (χ0) is 69.0. The van der Waals surface area contributed by atoms with Crippen LogP contribution in [0.5, 0.6) is 0 Å². The molecule has 0 aliphatic heterocycles. The summed E-state index contributed by atoms with van der Waals surface area (Å²) in [5.41, 5.74) is 0. The molecule has 0 saturated heterocycles. The van der Waals surface area contributed by atoms with Crippen LogP contribution in [0.25, 0.3) is 0 Å². The highest BCUT2D eigenvalue weighted by Crippen LogP contribution is 2.16. The van der Waals surface area contributed by atoms with Gasteiger partial charge in [-0.05, 0) is 141 Å². The normalized spacial score (nSPS) is 13.8. The largest absolute Gasteiger partial charge is 0.545 e. The molecular formula is C86H137NO8. The van der Waals surface area contributed by atoms with Gasteiger partial charge in [-0.3, -0.25) is 9.59 Å². The van der Waals surface area contributed by atoms with Gasteiger partial charge in [0.05, 0.1) is 40.3 Å². The Kier molecular flexibility index (Phi) is 69.4. The monoisotopic (exact) mass is 1310 g/mol. The van der Waals surface area contributed by atoms with Gasteiger partial charge in [-0.15, -0.1) is 0 Å². The van der Waals surface area contributed by atoms with Crippen molar-refractivity contribution >= 4 is 17.9 Å². The molecule has 0 aromatic carbocycles. The minimum Gasteiger partial charge on any atom is -0.545 e. The standard InChI is InChI=1S/C86H137NO8/c1-6-8-10-12-14-16-18-20-22-24-26-28-30-32-34-36-37-38-39-40-41-42-43-44-45-46-47-49-51-53-55-57-59-61-63-65-67-69-71-73-75-77-84(89)95-82(81-94-86(85(90)91)92-79-78-87(3,4)5)80-93-83(88)76-74-72-70-68-66-64-62-60-58-56-54-52-50-48-35-33-31-29-27-25-23-21-19-17-15-13-11-9-7-2/h8-11,14-17,20-23,26-29,32-35,37-38,40-41,43-44,50,52,56,58,62,64,82,86H,6-7,12-13,18-19,24-25,30-31,36,39,42,45-49,51,53-55,57,59-61,63,65-81H2,1-5H3/b10-8-,11-9-,16-14-,17-15-,22-20-,23-21-,28-26-,29-27-,34-32-,35-33-,38-37-,41-40-,44-43-,52-50-,58-56-,64-62-. The highest BCUT2D eigenvalue weighted by atomic mass is 16.7. The second-order valence-electron chi connectivity index (χ2n) is 25.5. The number of hydrogen-bond acceptors (Lipinski definition) is 8. The van der Waals surface area contributed by atoms with Gasteiger partial charge in [0, 0.05) is 12.8 Å². The molecule has 0 saturated carbocycles. The second-order valence-corrected chi connectivity index (χ2v) is 25.5. The number of rotatable bonds is 67. The number of ether oxygens (including phenoxy) is 4. The number of quaternary nitrogens is 1. The quantitative estimate of drug-likeness (QED) is 0.0195. The molecule has 0 aromatic rings. The van der Waals surface area contributed by atoms with E-state index in [-0.39, 0.29) is 38.6 Å². The van der Waals surface area contributed by atoms with Crippen molar-refractivity contribution in [3.63, 3.8) is 0 Å². The van der Waals surface area contributed by atoms with Crippen LogP contribution in [0.1, 0.15) is 271 Å².